The molecule has 0 saturated heterocycles. The van der Waals surface area contributed by atoms with Crippen LogP contribution in [0.2, 0.25) is 0 Å². The number of hydrogen-bond acceptors (Lipinski definition) is 4. The number of rotatable bonds is 3. The van der Waals surface area contributed by atoms with Gasteiger partial charge in [-0.25, -0.2) is 9.97 Å². The highest BCUT2D eigenvalue weighted by Crippen LogP contribution is 2.25. The Hall–Kier alpha value is -2.95. The molecule has 5 heteroatoms. The van der Waals surface area contributed by atoms with Gasteiger partial charge in [0.25, 0.3) is 5.91 Å². The van der Waals surface area contributed by atoms with Crippen molar-refractivity contribution in [2.24, 2.45) is 0 Å². The second-order valence-electron chi connectivity index (χ2n) is 4.54. The second kappa shape index (κ2) is 5.58. The van der Waals surface area contributed by atoms with E-state index in [0.717, 1.165) is 16.7 Å². The molecule has 0 aliphatic heterocycles. The van der Waals surface area contributed by atoms with Crippen LogP contribution in [0, 0.1) is 6.92 Å². The maximum atomic E-state index is 12.2. The molecule has 2 aromatic heterocycles. The molecule has 0 spiro atoms. The molecule has 21 heavy (non-hydrogen) atoms. The number of carbonyl (C=O) groups is 1. The monoisotopic (exact) mass is 279 g/mol. The fourth-order valence-electron chi connectivity index (χ4n) is 2.03. The van der Waals surface area contributed by atoms with Crippen molar-refractivity contribution < 1.29 is 9.21 Å². The SMILES string of the molecule is Cc1ccoc1C(=O)Nc1ncncc1-c1ccccc1. The molecule has 3 aromatic rings. The van der Waals surface area contributed by atoms with Crippen LogP contribution in [-0.2, 0) is 0 Å². The first-order valence-corrected chi connectivity index (χ1v) is 6.46. The summed E-state index contributed by atoms with van der Waals surface area (Å²) in [6.45, 7) is 1.82. The molecule has 5 nitrogen and oxygen atoms in total. The number of carbonyl (C=O) groups excluding carboxylic acids is 1. The van der Waals surface area contributed by atoms with Gasteiger partial charge in [-0.1, -0.05) is 30.3 Å². The molecule has 0 aliphatic rings. The van der Waals surface area contributed by atoms with Crippen LogP contribution >= 0.6 is 0 Å². The van der Waals surface area contributed by atoms with E-state index in [1.54, 1.807) is 12.3 Å². The van der Waals surface area contributed by atoms with E-state index in [1.165, 1.54) is 12.6 Å². The number of anilines is 1. The third kappa shape index (κ3) is 2.67. The highest BCUT2D eigenvalue weighted by Gasteiger charge is 2.15. The molecule has 0 aliphatic carbocycles. The van der Waals surface area contributed by atoms with Crippen molar-refractivity contribution in [1.29, 1.82) is 0 Å². The third-order valence-electron chi connectivity index (χ3n) is 3.10. The average Bonchev–Trinajstić information content (AvgIpc) is 2.95. The van der Waals surface area contributed by atoms with Crippen LogP contribution in [0.15, 0.2) is 59.6 Å². The van der Waals surface area contributed by atoms with Gasteiger partial charge in [-0.2, -0.15) is 0 Å². The van der Waals surface area contributed by atoms with Gasteiger partial charge >= 0.3 is 0 Å². The first-order valence-electron chi connectivity index (χ1n) is 6.46. The van der Waals surface area contributed by atoms with E-state index in [2.05, 4.69) is 15.3 Å². The number of nitrogens with one attached hydrogen (secondary N) is 1. The molecule has 0 saturated carbocycles. The van der Waals surface area contributed by atoms with Crippen molar-refractivity contribution in [1.82, 2.24) is 9.97 Å². The molecule has 104 valence electrons. The van der Waals surface area contributed by atoms with E-state index < -0.39 is 0 Å². The number of nitrogens with zero attached hydrogens (tertiary/aromatic N) is 2. The normalized spacial score (nSPS) is 10.3. The Morgan fingerprint density at radius 1 is 1.19 bits per heavy atom. The van der Waals surface area contributed by atoms with Crippen LogP contribution in [0.4, 0.5) is 5.82 Å². The predicted molar refractivity (Wildman–Crippen MR) is 78.9 cm³/mol. The van der Waals surface area contributed by atoms with Crippen molar-refractivity contribution in [3.63, 3.8) is 0 Å². The maximum Gasteiger partial charge on any atom is 0.292 e. The molecule has 2 heterocycles. The summed E-state index contributed by atoms with van der Waals surface area (Å²) in [6, 6.07) is 11.4. The topological polar surface area (TPSA) is 68.0 Å². The van der Waals surface area contributed by atoms with Crippen molar-refractivity contribution >= 4 is 11.7 Å². The minimum absolute atomic E-state index is 0.285. The zero-order valence-corrected chi connectivity index (χ0v) is 11.4. The Balaban J connectivity index is 1.94. The molecule has 0 unspecified atom stereocenters. The molecule has 3 rings (SSSR count). The lowest BCUT2D eigenvalue weighted by molar-refractivity contribution is 0.0995. The van der Waals surface area contributed by atoms with Crippen LogP contribution in [-0.4, -0.2) is 15.9 Å². The first-order chi connectivity index (χ1) is 10.3. The highest BCUT2D eigenvalue weighted by molar-refractivity contribution is 6.04. The number of aryl methyl sites for hydroxylation is 1. The van der Waals surface area contributed by atoms with Crippen molar-refractivity contribution in [3.8, 4) is 11.1 Å². The standard InChI is InChI=1S/C16H13N3O2/c1-11-7-8-21-14(11)16(20)19-15-13(9-17-10-18-15)12-5-3-2-4-6-12/h2-10H,1H3,(H,17,18,19,20). The van der Waals surface area contributed by atoms with Gasteiger partial charge in [0.1, 0.15) is 12.1 Å². The molecule has 1 amide bonds. The fraction of sp³-hybridized carbons (Fsp3) is 0.0625. The van der Waals surface area contributed by atoms with E-state index in [4.69, 9.17) is 4.42 Å². The number of amides is 1. The quantitative estimate of drug-likeness (QED) is 0.798. The van der Waals surface area contributed by atoms with Crippen LogP contribution in [0.25, 0.3) is 11.1 Å². The molecular weight excluding hydrogens is 266 g/mol. The smallest absolute Gasteiger partial charge is 0.292 e. The molecule has 0 radical (unpaired) electrons. The predicted octanol–water partition coefficient (Wildman–Crippen LogP) is 3.30. The lowest BCUT2D eigenvalue weighted by atomic mass is 10.1. The minimum Gasteiger partial charge on any atom is -0.459 e. The Morgan fingerprint density at radius 2 is 2.00 bits per heavy atom. The van der Waals surface area contributed by atoms with Crippen LogP contribution in [0.5, 0.6) is 0 Å². The molecule has 1 aromatic carbocycles. The van der Waals surface area contributed by atoms with Gasteiger partial charge < -0.3 is 9.73 Å². The summed E-state index contributed by atoms with van der Waals surface area (Å²) in [6.07, 6.45) is 4.56. The Morgan fingerprint density at radius 3 is 2.71 bits per heavy atom. The third-order valence-corrected chi connectivity index (χ3v) is 3.10. The minimum atomic E-state index is -0.326. The second-order valence-corrected chi connectivity index (χ2v) is 4.54. The van der Waals surface area contributed by atoms with E-state index in [0.29, 0.717) is 5.82 Å². The zero-order chi connectivity index (χ0) is 14.7. The summed E-state index contributed by atoms with van der Waals surface area (Å²) in [5, 5.41) is 2.77. The van der Waals surface area contributed by atoms with Gasteiger partial charge in [-0.05, 0) is 18.6 Å². The van der Waals surface area contributed by atoms with E-state index >= 15 is 0 Å². The van der Waals surface area contributed by atoms with Gasteiger partial charge in [0.05, 0.1) is 6.26 Å². The number of aromatic nitrogens is 2. The van der Waals surface area contributed by atoms with E-state index in [1.807, 2.05) is 37.3 Å². The molecule has 0 atom stereocenters. The Labute approximate surface area is 121 Å². The van der Waals surface area contributed by atoms with Crippen molar-refractivity contribution in [2.75, 3.05) is 5.32 Å². The molecule has 0 bridgehead atoms. The fourth-order valence-corrected chi connectivity index (χ4v) is 2.03. The molecular formula is C16H13N3O2. The summed E-state index contributed by atoms with van der Waals surface area (Å²) in [5.41, 5.74) is 2.48. The summed E-state index contributed by atoms with van der Waals surface area (Å²) in [7, 11) is 0. The van der Waals surface area contributed by atoms with E-state index in [-0.39, 0.29) is 11.7 Å². The lowest BCUT2D eigenvalue weighted by Crippen LogP contribution is -2.14. The summed E-state index contributed by atoms with van der Waals surface area (Å²) >= 11 is 0. The largest absolute Gasteiger partial charge is 0.459 e. The van der Waals surface area contributed by atoms with Gasteiger partial charge in [-0.3, -0.25) is 4.79 Å². The van der Waals surface area contributed by atoms with Crippen LogP contribution in [0.3, 0.4) is 0 Å². The Bertz CT molecular complexity index is 766. The average molecular weight is 279 g/mol. The van der Waals surface area contributed by atoms with Gasteiger partial charge in [0, 0.05) is 17.3 Å². The highest BCUT2D eigenvalue weighted by atomic mass is 16.3. The number of furan rings is 1. The summed E-state index contributed by atoms with van der Waals surface area (Å²) in [5.74, 6) is 0.415. The number of hydrogen-bond donors (Lipinski definition) is 1. The first kappa shape index (κ1) is 13.1. The lowest BCUT2D eigenvalue weighted by Gasteiger charge is -2.08. The summed E-state index contributed by atoms with van der Waals surface area (Å²) in [4.78, 5) is 20.4. The Kier molecular flexibility index (Phi) is 3.47. The maximum absolute atomic E-state index is 12.2. The van der Waals surface area contributed by atoms with Crippen LogP contribution < -0.4 is 5.32 Å². The number of benzene rings is 1. The zero-order valence-electron chi connectivity index (χ0n) is 11.4. The van der Waals surface area contributed by atoms with Crippen molar-refractivity contribution in [3.05, 3.63) is 66.5 Å². The van der Waals surface area contributed by atoms with Gasteiger partial charge in [-0.15, -0.1) is 0 Å². The molecule has 0 fully saturated rings. The van der Waals surface area contributed by atoms with Crippen molar-refractivity contribution in [2.45, 2.75) is 6.92 Å². The van der Waals surface area contributed by atoms with Gasteiger partial charge in [0.2, 0.25) is 0 Å². The van der Waals surface area contributed by atoms with Gasteiger partial charge in [0.15, 0.2) is 5.76 Å². The van der Waals surface area contributed by atoms with Crippen LogP contribution in [0.1, 0.15) is 16.1 Å². The van der Waals surface area contributed by atoms with E-state index in [9.17, 15) is 4.79 Å². The molecule has 1 N–H and O–H groups in total. The summed E-state index contributed by atoms with van der Waals surface area (Å²) < 4.78 is 5.19.